The highest BCUT2D eigenvalue weighted by Crippen LogP contribution is 2.80. The van der Waals surface area contributed by atoms with Crippen molar-refractivity contribution in [2.75, 3.05) is 6.54 Å². The van der Waals surface area contributed by atoms with Gasteiger partial charge >= 0.3 is 15.2 Å². The maximum absolute atomic E-state index is 16.0. The fourth-order valence-corrected chi connectivity index (χ4v) is 20.2. The van der Waals surface area contributed by atoms with Gasteiger partial charge in [0.15, 0.2) is 25.0 Å². The number of imide groups is 1. The summed E-state index contributed by atoms with van der Waals surface area (Å²) in [4.78, 5) is 27.8. The number of amides is 2. The molecule has 0 fully saturated rings. The molecule has 4 rings (SSSR count). The van der Waals surface area contributed by atoms with Crippen LogP contribution >= 0.6 is 15.2 Å². The highest BCUT2D eigenvalue weighted by molar-refractivity contribution is 7.75. The lowest BCUT2D eigenvalue weighted by atomic mass is 10.1. The molecule has 1 aliphatic heterocycles. The molecule has 0 saturated carbocycles. The molecule has 10 nitrogen and oxygen atoms in total. The molecule has 2 unspecified atom stereocenters. The van der Waals surface area contributed by atoms with Crippen LogP contribution in [0.3, 0.4) is 0 Å². The summed E-state index contributed by atoms with van der Waals surface area (Å²) in [5, 5.41) is -2.30. The van der Waals surface area contributed by atoms with Crippen molar-refractivity contribution < 1.29 is 40.6 Å². The fraction of sp³-hybridized carbons (Fsp3) is 0.394. The molecule has 0 aliphatic carbocycles. The average Bonchev–Trinajstić information content (AvgIpc) is 3.20. The van der Waals surface area contributed by atoms with E-state index in [9.17, 15) is 9.59 Å². The van der Waals surface area contributed by atoms with E-state index in [4.69, 9.17) is 21.9 Å². The Balaban J connectivity index is 1.95. The van der Waals surface area contributed by atoms with Crippen LogP contribution in [0, 0.1) is 0 Å². The third kappa shape index (κ3) is 8.94. The van der Waals surface area contributed by atoms with Crippen LogP contribution < -0.4 is 9.05 Å². The second-order valence-electron chi connectivity index (χ2n) is 14.6. The lowest BCUT2D eigenvalue weighted by Crippen LogP contribution is -2.48. The van der Waals surface area contributed by atoms with Gasteiger partial charge < -0.3 is 21.9 Å². The SMILES string of the molecule is C[Si](C)(C)OC(CCCN1C(=O)c2ccccc2C1=O)(P(=O)(Oc1ccccc1)O[Si](C)(C)C)P(=O)(Oc1ccccc1)O[Si](C)(C)C. The third-order valence-electron chi connectivity index (χ3n) is 6.81. The van der Waals surface area contributed by atoms with Gasteiger partial charge in [-0.15, -0.1) is 0 Å². The summed E-state index contributed by atoms with van der Waals surface area (Å²) in [5.74, 6) is -0.419. The number of nitrogens with zero attached hydrogens (tertiary/aromatic N) is 1. The number of carbonyl (C=O) groups excluding carboxylic acids is 2. The van der Waals surface area contributed by atoms with Gasteiger partial charge in [0, 0.05) is 13.0 Å². The summed E-state index contributed by atoms with van der Waals surface area (Å²) in [6, 6.07) is 23.7. The van der Waals surface area contributed by atoms with Crippen molar-refractivity contribution in [2.45, 2.75) is 76.8 Å². The zero-order valence-corrected chi connectivity index (χ0v) is 34.0. The largest absolute Gasteiger partial charge is 0.423 e. The van der Waals surface area contributed by atoms with Crippen LogP contribution in [0.5, 0.6) is 11.5 Å². The molecule has 2 amide bonds. The number of para-hydroxylation sites is 2. The van der Waals surface area contributed by atoms with E-state index in [0.717, 1.165) is 4.90 Å². The van der Waals surface area contributed by atoms with Gasteiger partial charge in [0.1, 0.15) is 11.5 Å². The smallest absolute Gasteiger partial charge is 0.414 e. The van der Waals surface area contributed by atoms with E-state index < -0.39 is 57.0 Å². The maximum Gasteiger partial charge on any atom is 0.414 e. The number of hydrogen-bond donors (Lipinski definition) is 0. The van der Waals surface area contributed by atoms with Gasteiger partial charge in [-0.2, -0.15) is 0 Å². The monoisotopic (exact) mass is 747 g/mol. The maximum atomic E-state index is 16.0. The van der Waals surface area contributed by atoms with Gasteiger partial charge in [0.2, 0.25) is 0 Å². The topological polar surface area (TPSA) is 118 Å². The first kappa shape index (κ1) is 38.2. The Bertz CT molecular complexity index is 1590. The zero-order chi connectivity index (χ0) is 35.6. The van der Waals surface area contributed by atoms with Crippen molar-refractivity contribution in [1.29, 1.82) is 0 Å². The second-order valence-corrected chi connectivity index (χ2v) is 33.1. The third-order valence-corrected chi connectivity index (χ3v) is 19.1. The van der Waals surface area contributed by atoms with Crippen molar-refractivity contribution in [3.05, 3.63) is 96.1 Å². The fourth-order valence-electron chi connectivity index (χ4n) is 5.27. The van der Waals surface area contributed by atoms with Crippen molar-refractivity contribution in [2.24, 2.45) is 0 Å². The number of benzene rings is 3. The van der Waals surface area contributed by atoms with Gasteiger partial charge in [-0.1, -0.05) is 48.5 Å². The van der Waals surface area contributed by atoms with Gasteiger partial charge in [0.25, 0.3) is 16.9 Å². The Hall–Kier alpha value is -2.61. The molecule has 15 heteroatoms. The van der Waals surface area contributed by atoms with E-state index in [1.165, 1.54) is 0 Å². The minimum atomic E-state index is -4.70. The van der Waals surface area contributed by atoms with E-state index in [0.29, 0.717) is 11.1 Å². The van der Waals surface area contributed by atoms with E-state index >= 15 is 9.13 Å². The van der Waals surface area contributed by atoms with Gasteiger partial charge in [-0.25, -0.2) is 9.13 Å². The Morgan fingerprint density at radius 1 is 0.583 bits per heavy atom. The highest BCUT2D eigenvalue weighted by Gasteiger charge is 2.71. The first-order valence-electron chi connectivity index (χ1n) is 15.9. The Morgan fingerprint density at radius 3 is 1.31 bits per heavy atom. The van der Waals surface area contributed by atoms with E-state index in [1.54, 1.807) is 84.9 Å². The molecular weight excluding hydrogens is 701 g/mol. The Kier molecular flexibility index (Phi) is 11.4. The van der Waals surface area contributed by atoms with Crippen LogP contribution in [0.4, 0.5) is 0 Å². The van der Waals surface area contributed by atoms with Crippen LogP contribution in [0.1, 0.15) is 33.6 Å². The highest BCUT2D eigenvalue weighted by atomic mass is 31.2. The number of hydrogen-bond acceptors (Lipinski definition) is 9. The van der Waals surface area contributed by atoms with Crippen molar-refractivity contribution in [3.63, 3.8) is 0 Å². The lowest BCUT2D eigenvalue weighted by Gasteiger charge is -2.47. The minimum Gasteiger partial charge on any atom is -0.423 e. The molecule has 0 aromatic heterocycles. The van der Waals surface area contributed by atoms with Gasteiger partial charge in [0.05, 0.1) is 11.1 Å². The molecule has 0 N–H and O–H groups in total. The molecular formula is C33H47NO9P2Si3. The molecule has 0 saturated heterocycles. The zero-order valence-electron chi connectivity index (χ0n) is 29.2. The van der Waals surface area contributed by atoms with Gasteiger partial charge in [-0.05, 0) is 102 Å². The van der Waals surface area contributed by atoms with E-state index in [2.05, 4.69) is 0 Å². The summed E-state index contributed by atoms with van der Waals surface area (Å²) in [6.07, 6.45) is -0.210. The predicted molar refractivity (Wildman–Crippen MR) is 196 cm³/mol. The van der Waals surface area contributed by atoms with Crippen molar-refractivity contribution in [3.8, 4) is 11.5 Å². The van der Waals surface area contributed by atoms with Crippen molar-refractivity contribution >= 4 is 52.0 Å². The number of rotatable bonds is 16. The molecule has 48 heavy (non-hydrogen) atoms. The summed E-state index contributed by atoms with van der Waals surface area (Å²) >= 11 is 0. The molecule has 3 aromatic rings. The van der Waals surface area contributed by atoms with Crippen molar-refractivity contribution in [1.82, 2.24) is 4.90 Å². The first-order valence-corrected chi connectivity index (χ1v) is 29.3. The molecule has 0 spiro atoms. The molecule has 3 aromatic carbocycles. The molecule has 1 heterocycles. The van der Waals surface area contributed by atoms with Crippen LogP contribution in [-0.2, 0) is 22.0 Å². The quantitative estimate of drug-likeness (QED) is 0.0802. The number of fused-ring (bicyclic) bond motifs is 1. The number of carbonyl (C=O) groups is 2. The molecule has 260 valence electrons. The summed E-state index contributed by atoms with van der Waals surface area (Å²) in [5.41, 5.74) is 0.625. The average molecular weight is 748 g/mol. The summed E-state index contributed by atoms with van der Waals surface area (Å²) in [6.45, 7) is 16.7. The van der Waals surface area contributed by atoms with Crippen LogP contribution in [0.15, 0.2) is 84.9 Å². The lowest BCUT2D eigenvalue weighted by molar-refractivity contribution is 0.0643. The van der Waals surface area contributed by atoms with E-state index in [1.807, 2.05) is 58.9 Å². The van der Waals surface area contributed by atoms with Crippen LogP contribution in [-0.4, -0.2) is 53.3 Å². The molecule has 2 atom stereocenters. The second kappa shape index (κ2) is 14.3. The van der Waals surface area contributed by atoms with E-state index in [-0.39, 0.29) is 30.9 Å². The minimum absolute atomic E-state index is 0.0321. The van der Waals surface area contributed by atoms with Crippen LogP contribution in [0.2, 0.25) is 58.9 Å². The molecule has 1 aliphatic rings. The summed E-state index contributed by atoms with van der Waals surface area (Å²) < 4.78 is 64.8. The Labute approximate surface area is 287 Å². The summed E-state index contributed by atoms with van der Waals surface area (Å²) in [7, 11) is -17.8. The van der Waals surface area contributed by atoms with Gasteiger partial charge in [-0.3, -0.25) is 14.5 Å². The normalized spacial score (nSPS) is 17.6. The molecule has 0 radical (unpaired) electrons. The predicted octanol–water partition coefficient (Wildman–Crippen LogP) is 9.82. The molecule has 0 bridgehead atoms. The van der Waals surface area contributed by atoms with Crippen LogP contribution in [0.25, 0.3) is 0 Å². The first-order chi connectivity index (χ1) is 22.2. The Morgan fingerprint density at radius 2 is 0.958 bits per heavy atom. The standard InChI is InChI=1S/C33H47NO9P2Si3/c1-46(2,3)41-33(44(37,42-47(4,5)6)39-27-19-12-10-13-20-27,45(38,43-48(7,8)9)40-28-21-14-11-15-22-28)25-18-26-34-31(35)29-23-16-17-24-30(29)32(34)36/h10-17,19-24H,18,25-26H2,1-9H3.